The molecule has 2 fully saturated rings. The molecule has 2 N–H and O–H groups in total. The summed E-state index contributed by atoms with van der Waals surface area (Å²) in [5.74, 6) is -0.256. The van der Waals surface area contributed by atoms with Gasteiger partial charge in [0.1, 0.15) is 0 Å². The van der Waals surface area contributed by atoms with Gasteiger partial charge in [-0.2, -0.15) is 0 Å². The molecule has 2 rings (SSSR count). The number of nitrogens with one attached hydrogen (secondary N) is 1. The number of hydrogen-bond donors (Lipinski definition) is 2. The van der Waals surface area contributed by atoms with Crippen LogP contribution in [-0.4, -0.2) is 23.0 Å². The number of aliphatic carboxylic acids is 1. The van der Waals surface area contributed by atoms with Crippen LogP contribution >= 0.6 is 0 Å². The average molecular weight is 281 g/mol. The Balaban J connectivity index is 1.84. The third-order valence-electron chi connectivity index (χ3n) is 5.37. The van der Waals surface area contributed by atoms with E-state index in [4.69, 9.17) is 5.11 Å². The molecule has 0 spiro atoms. The Hall–Kier alpha value is -1.06. The van der Waals surface area contributed by atoms with E-state index in [1.807, 2.05) is 0 Å². The fourth-order valence-electron chi connectivity index (χ4n) is 3.69. The summed E-state index contributed by atoms with van der Waals surface area (Å²) in [5.41, 5.74) is -0.292. The first-order valence-electron chi connectivity index (χ1n) is 7.95. The number of carbonyl (C=O) groups excluding carboxylic acids is 1. The van der Waals surface area contributed by atoms with Crippen LogP contribution in [0.5, 0.6) is 0 Å². The fourth-order valence-corrected chi connectivity index (χ4v) is 3.69. The number of rotatable bonds is 4. The summed E-state index contributed by atoms with van der Waals surface area (Å²) in [4.78, 5) is 23.4. The summed E-state index contributed by atoms with van der Waals surface area (Å²) in [5, 5.41) is 12.2. The molecule has 114 valence electrons. The van der Waals surface area contributed by atoms with E-state index in [-0.39, 0.29) is 23.3 Å². The zero-order valence-electron chi connectivity index (χ0n) is 12.7. The zero-order chi connectivity index (χ0) is 14.8. The van der Waals surface area contributed by atoms with E-state index in [1.165, 1.54) is 12.8 Å². The topological polar surface area (TPSA) is 66.4 Å². The average Bonchev–Trinajstić information content (AvgIpc) is 2.93. The third-order valence-corrected chi connectivity index (χ3v) is 5.37. The van der Waals surface area contributed by atoms with Crippen molar-refractivity contribution in [2.75, 3.05) is 0 Å². The van der Waals surface area contributed by atoms with Gasteiger partial charge < -0.3 is 10.4 Å². The summed E-state index contributed by atoms with van der Waals surface area (Å²) in [6.45, 7) is 4.11. The number of amides is 1. The first kappa shape index (κ1) is 15.3. The van der Waals surface area contributed by atoms with Crippen molar-refractivity contribution in [3.63, 3.8) is 0 Å². The van der Waals surface area contributed by atoms with Crippen molar-refractivity contribution in [2.45, 2.75) is 71.3 Å². The number of hydrogen-bond acceptors (Lipinski definition) is 2. The zero-order valence-corrected chi connectivity index (χ0v) is 12.7. The second-order valence-corrected chi connectivity index (χ2v) is 7.06. The Bertz CT molecular complexity index is 364. The minimum Gasteiger partial charge on any atom is -0.481 e. The lowest BCUT2D eigenvalue weighted by Gasteiger charge is -2.34. The van der Waals surface area contributed by atoms with Crippen LogP contribution in [0.2, 0.25) is 0 Å². The molecule has 20 heavy (non-hydrogen) atoms. The number of carbonyl (C=O) groups is 2. The van der Waals surface area contributed by atoms with Crippen LogP contribution in [0.25, 0.3) is 0 Å². The normalized spacial score (nSPS) is 28.3. The minimum absolute atomic E-state index is 0.156. The molecule has 0 heterocycles. The lowest BCUT2D eigenvalue weighted by molar-refractivity contribution is -0.143. The maximum atomic E-state index is 12.5. The van der Waals surface area contributed by atoms with Gasteiger partial charge in [0.05, 0.1) is 5.92 Å². The summed E-state index contributed by atoms with van der Waals surface area (Å²) in [7, 11) is 0. The summed E-state index contributed by atoms with van der Waals surface area (Å²) >= 11 is 0. The van der Waals surface area contributed by atoms with Gasteiger partial charge in [0.25, 0.3) is 0 Å². The lowest BCUT2D eigenvalue weighted by atomic mass is 9.76. The highest BCUT2D eigenvalue weighted by Gasteiger charge is 2.39. The summed E-state index contributed by atoms with van der Waals surface area (Å²) in [6, 6.07) is 0.166. The van der Waals surface area contributed by atoms with Crippen LogP contribution < -0.4 is 5.32 Å². The van der Waals surface area contributed by atoms with Gasteiger partial charge in [-0.15, -0.1) is 0 Å². The van der Waals surface area contributed by atoms with Crippen LogP contribution in [0, 0.1) is 17.3 Å². The van der Waals surface area contributed by atoms with Crippen molar-refractivity contribution in [1.82, 2.24) is 5.32 Å². The van der Waals surface area contributed by atoms with E-state index in [0.29, 0.717) is 18.8 Å². The van der Waals surface area contributed by atoms with Gasteiger partial charge in [-0.05, 0) is 44.4 Å². The summed E-state index contributed by atoms with van der Waals surface area (Å²) in [6.07, 6.45) is 7.76. The van der Waals surface area contributed by atoms with Gasteiger partial charge in [0.15, 0.2) is 0 Å². The predicted molar refractivity (Wildman–Crippen MR) is 77.3 cm³/mol. The molecule has 1 amide bonds. The molecule has 0 bridgehead atoms. The molecule has 4 nitrogen and oxygen atoms in total. The smallest absolute Gasteiger partial charge is 0.306 e. The van der Waals surface area contributed by atoms with Gasteiger partial charge >= 0.3 is 5.97 Å². The van der Waals surface area contributed by atoms with E-state index in [1.54, 1.807) is 0 Å². The Morgan fingerprint density at radius 3 is 2.05 bits per heavy atom. The van der Waals surface area contributed by atoms with Crippen molar-refractivity contribution in [1.29, 1.82) is 0 Å². The van der Waals surface area contributed by atoms with Crippen LogP contribution in [0.4, 0.5) is 0 Å². The molecule has 0 aromatic rings. The Labute approximate surface area is 121 Å². The molecule has 0 unspecified atom stereocenters. The quantitative estimate of drug-likeness (QED) is 0.832. The molecule has 0 aliphatic heterocycles. The molecule has 0 aromatic carbocycles. The Morgan fingerprint density at radius 1 is 1.00 bits per heavy atom. The van der Waals surface area contributed by atoms with Gasteiger partial charge in [-0.3, -0.25) is 9.59 Å². The van der Waals surface area contributed by atoms with Crippen molar-refractivity contribution < 1.29 is 14.7 Å². The van der Waals surface area contributed by atoms with Gasteiger partial charge in [-0.25, -0.2) is 0 Å². The first-order valence-corrected chi connectivity index (χ1v) is 7.95. The van der Waals surface area contributed by atoms with Crippen molar-refractivity contribution >= 4 is 11.9 Å². The second-order valence-electron chi connectivity index (χ2n) is 7.06. The molecule has 0 radical (unpaired) electrons. The van der Waals surface area contributed by atoms with Gasteiger partial charge in [0.2, 0.25) is 5.91 Å². The molecular formula is C16H27NO3. The SMILES string of the molecule is CC(C)(C(=O)NC1CCC(C(=O)O)CC1)C1CCCC1. The van der Waals surface area contributed by atoms with Gasteiger partial charge in [0, 0.05) is 11.5 Å². The van der Waals surface area contributed by atoms with Crippen molar-refractivity contribution in [3.8, 4) is 0 Å². The van der Waals surface area contributed by atoms with Crippen LogP contribution in [0.3, 0.4) is 0 Å². The maximum Gasteiger partial charge on any atom is 0.306 e. The Morgan fingerprint density at radius 2 is 1.55 bits per heavy atom. The minimum atomic E-state index is -0.693. The highest BCUT2D eigenvalue weighted by molar-refractivity contribution is 5.82. The van der Waals surface area contributed by atoms with E-state index >= 15 is 0 Å². The summed E-state index contributed by atoms with van der Waals surface area (Å²) < 4.78 is 0. The van der Waals surface area contributed by atoms with Crippen LogP contribution in [-0.2, 0) is 9.59 Å². The lowest BCUT2D eigenvalue weighted by Crippen LogP contribution is -2.47. The number of carboxylic acids is 1. The van der Waals surface area contributed by atoms with Crippen LogP contribution in [0.15, 0.2) is 0 Å². The van der Waals surface area contributed by atoms with Crippen molar-refractivity contribution in [2.24, 2.45) is 17.3 Å². The molecule has 2 aliphatic carbocycles. The Kier molecular flexibility index (Phi) is 4.71. The van der Waals surface area contributed by atoms with Gasteiger partial charge in [-0.1, -0.05) is 26.7 Å². The maximum absolute atomic E-state index is 12.5. The molecule has 0 saturated heterocycles. The van der Waals surface area contributed by atoms with E-state index in [9.17, 15) is 9.59 Å². The highest BCUT2D eigenvalue weighted by Crippen LogP contribution is 2.40. The molecule has 0 atom stereocenters. The molecule has 4 heteroatoms. The van der Waals surface area contributed by atoms with Crippen LogP contribution in [0.1, 0.15) is 65.2 Å². The fraction of sp³-hybridized carbons (Fsp3) is 0.875. The van der Waals surface area contributed by atoms with E-state index in [2.05, 4.69) is 19.2 Å². The molecular weight excluding hydrogens is 254 g/mol. The van der Waals surface area contributed by atoms with Crippen molar-refractivity contribution in [3.05, 3.63) is 0 Å². The molecule has 0 aromatic heterocycles. The molecule has 2 saturated carbocycles. The first-order chi connectivity index (χ1) is 9.41. The molecule has 2 aliphatic rings. The second kappa shape index (κ2) is 6.15. The number of carboxylic acid groups (broad SMARTS) is 1. The largest absolute Gasteiger partial charge is 0.481 e. The van der Waals surface area contributed by atoms with E-state index < -0.39 is 5.97 Å². The van der Waals surface area contributed by atoms with E-state index in [0.717, 1.165) is 25.7 Å². The monoisotopic (exact) mass is 281 g/mol. The third kappa shape index (κ3) is 3.33. The predicted octanol–water partition coefficient (Wildman–Crippen LogP) is 2.96. The standard InChI is InChI=1S/C16H27NO3/c1-16(2,12-5-3-4-6-12)15(20)17-13-9-7-11(8-10-13)14(18)19/h11-13H,3-10H2,1-2H3,(H,17,20)(H,18,19). The highest BCUT2D eigenvalue weighted by atomic mass is 16.4.